The van der Waals surface area contributed by atoms with E-state index in [0.29, 0.717) is 0 Å². The monoisotopic (exact) mass is 908 g/mol. The zero-order valence-corrected chi connectivity index (χ0v) is 24.8. The second kappa shape index (κ2) is 33.1. The van der Waals surface area contributed by atoms with Crippen molar-refractivity contribution in [2.75, 3.05) is 0 Å². The van der Waals surface area contributed by atoms with Crippen LogP contribution in [0, 0.1) is 0 Å². The van der Waals surface area contributed by atoms with E-state index in [1.54, 1.807) is 0 Å². The first-order valence-corrected chi connectivity index (χ1v) is 8.17. The molecule has 0 saturated heterocycles. The molecular formula is C18H18Ir2O18. The van der Waals surface area contributed by atoms with E-state index in [2.05, 4.69) is 0 Å². The molecule has 0 spiro atoms. The average Bonchev–Trinajstić information content (AvgIpc) is 2.69. The molecule has 0 heterocycles. The molecule has 0 N–H and O–H groups in total. The van der Waals surface area contributed by atoms with E-state index in [0.717, 1.165) is 41.5 Å². The molecule has 20 heteroatoms. The molecule has 0 aromatic carbocycles. The van der Waals surface area contributed by atoms with E-state index in [4.69, 9.17) is 0 Å². The Balaban J connectivity index is -0.0000000469. The number of Topliss-reactive ketones (excluding diaryl/α,β-unsaturated/α-hetero) is 6. The molecule has 0 fully saturated rings. The summed E-state index contributed by atoms with van der Waals surface area (Å²) in [5, 5.41) is 55.4. The van der Waals surface area contributed by atoms with Gasteiger partial charge >= 0.3 is 40.2 Å². The molecule has 0 amide bonds. The molecule has 0 aromatic rings. The maximum Gasteiger partial charge on any atom is 3.00 e. The minimum atomic E-state index is -1.63. The quantitative estimate of drug-likeness (QED) is 0.223. The van der Waals surface area contributed by atoms with Gasteiger partial charge < -0.3 is 59.4 Å². The number of rotatable bonds is 6. The zero-order valence-electron chi connectivity index (χ0n) is 20.0. The maximum absolute atomic E-state index is 9.48. The summed E-state index contributed by atoms with van der Waals surface area (Å²) in [5.41, 5.74) is 0. The van der Waals surface area contributed by atoms with Gasteiger partial charge in [-0.1, -0.05) is 0 Å². The molecule has 18 nitrogen and oxygen atoms in total. The van der Waals surface area contributed by atoms with Crippen molar-refractivity contribution >= 4 is 70.5 Å². The third-order valence-electron chi connectivity index (χ3n) is 1.72. The Morgan fingerprint density at radius 3 is 0.289 bits per heavy atom. The number of hydrogen-bond donors (Lipinski definition) is 0. The van der Waals surface area contributed by atoms with Gasteiger partial charge in [0, 0.05) is 41.5 Å². The minimum Gasteiger partial charge on any atom is -0.542 e. The molecule has 0 aliphatic carbocycles. The van der Waals surface area contributed by atoms with Gasteiger partial charge in [-0.15, -0.1) is 0 Å². The first kappa shape index (κ1) is 54.9. The number of carboxylic acid groups (broad SMARTS) is 6. The molecule has 0 aliphatic heterocycles. The fraction of sp³-hybridized carbons (Fsp3) is 0.333. The Hall–Kier alpha value is -3.86. The standard InChI is InChI=1S/6C3H4O3.2Ir/c6*1-2(4)3(5)6;;/h6*1H3,(H,5,6);;/q;;;;;;2*+3/p-6. The molecule has 0 bridgehead atoms. The van der Waals surface area contributed by atoms with Crippen molar-refractivity contribution in [3.63, 3.8) is 0 Å². The summed E-state index contributed by atoms with van der Waals surface area (Å²) >= 11 is 0. The smallest absolute Gasteiger partial charge is 0.542 e. The molecule has 0 unspecified atom stereocenters. The van der Waals surface area contributed by atoms with Gasteiger partial charge in [-0.05, 0) is 0 Å². The molecule has 0 aliphatic rings. The first-order valence-electron chi connectivity index (χ1n) is 8.17. The van der Waals surface area contributed by atoms with Crippen molar-refractivity contribution < 1.29 is 128 Å². The number of carbonyl (C=O) groups excluding carboxylic acids is 12. The van der Waals surface area contributed by atoms with Crippen LogP contribution in [0.1, 0.15) is 41.5 Å². The Kier molecular flexibility index (Phi) is 47.9. The van der Waals surface area contributed by atoms with Crippen molar-refractivity contribution in [1.82, 2.24) is 0 Å². The maximum atomic E-state index is 9.48. The molecule has 0 aromatic heterocycles. The molecule has 216 valence electrons. The summed E-state index contributed by atoms with van der Waals surface area (Å²) in [7, 11) is 0. The van der Waals surface area contributed by atoms with Gasteiger partial charge in [-0.2, -0.15) is 0 Å². The summed E-state index contributed by atoms with van der Waals surface area (Å²) in [4.78, 5) is 112. The Morgan fingerprint density at radius 1 is 0.263 bits per heavy atom. The number of carbonyl (C=O) groups is 12. The summed E-state index contributed by atoms with van der Waals surface area (Å²) < 4.78 is 0. The number of aliphatic carboxylic acids is 6. The zero-order chi connectivity index (χ0) is 30.9. The predicted octanol–water partition coefficient (Wildman–Crippen LogP) is -10.1. The van der Waals surface area contributed by atoms with Gasteiger partial charge in [0.25, 0.3) is 0 Å². The third-order valence-corrected chi connectivity index (χ3v) is 1.72. The van der Waals surface area contributed by atoms with Crippen molar-refractivity contribution in [2.24, 2.45) is 0 Å². The van der Waals surface area contributed by atoms with Crippen molar-refractivity contribution in [1.29, 1.82) is 0 Å². The van der Waals surface area contributed by atoms with Gasteiger partial charge in [-0.3, -0.25) is 28.8 Å². The van der Waals surface area contributed by atoms with E-state index in [-0.39, 0.29) is 40.2 Å². The number of ketones is 6. The van der Waals surface area contributed by atoms with Crippen LogP contribution >= 0.6 is 0 Å². The van der Waals surface area contributed by atoms with Crippen LogP contribution in [0.2, 0.25) is 0 Å². The fourth-order valence-corrected chi connectivity index (χ4v) is 0. The second-order valence-electron chi connectivity index (χ2n) is 5.06. The minimum absolute atomic E-state index is 0. The van der Waals surface area contributed by atoms with Crippen LogP contribution in [0.5, 0.6) is 0 Å². The van der Waals surface area contributed by atoms with Crippen molar-refractivity contribution in [3.8, 4) is 0 Å². The van der Waals surface area contributed by atoms with E-state index < -0.39 is 70.5 Å². The molecule has 0 saturated carbocycles. The van der Waals surface area contributed by atoms with Crippen molar-refractivity contribution in [2.45, 2.75) is 41.5 Å². The predicted molar refractivity (Wildman–Crippen MR) is 94.1 cm³/mol. The fourth-order valence-electron chi connectivity index (χ4n) is 0. The average molecular weight is 907 g/mol. The first-order chi connectivity index (χ1) is 15.9. The molecule has 0 rings (SSSR count). The summed E-state index contributed by atoms with van der Waals surface area (Å²) in [5.74, 6) is -15.4. The number of hydrogen-bond acceptors (Lipinski definition) is 18. The van der Waals surface area contributed by atoms with Gasteiger partial charge in [0.15, 0.2) is 34.7 Å². The Morgan fingerprint density at radius 2 is 0.289 bits per heavy atom. The van der Waals surface area contributed by atoms with Gasteiger partial charge in [0.2, 0.25) is 0 Å². The molecule has 0 atom stereocenters. The Bertz CT molecular complexity index is 630. The molecular weight excluding hydrogens is 889 g/mol. The van der Waals surface area contributed by atoms with Crippen LogP contribution in [0.25, 0.3) is 0 Å². The normalized spacial score (nSPS) is 7.11. The van der Waals surface area contributed by atoms with E-state index in [1.165, 1.54) is 0 Å². The van der Waals surface area contributed by atoms with Crippen molar-refractivity contribution in [3.05, 3.63) is 0 Å². The number of carboxylic acids is 6. The Labute approximate surface area is 240 Å². The molecule has 0 radical (unpaired) electrons. The summed E-state index contributed by atoms with van der Waals surface area (Å²) in [6.45, 7) is 5.64. The second-order valence-corrected chi connectivity index (χ2v) is 5.06. The van der Waals surface area contributed by atoms with Gasteiger partial charge in [0.05, 0.1) is 0 Å². The largest absolute Gasteiger partial charge is 3.00 e. The van der Waals surface area contributed by atoms with E-state index >= 15 is 0 Å². The summed E-state index contributed by atoms with van der Waals surface area (Å²) in [6.07, 6.45) is 0. The van der Waals surface area contributed by atoms with Crippen LogP contribution in [0.4, 0.5) is 0 Å². The van der Waals surface area contributed by atoms with Crippen LogP contribution in [-0.2, 0) is 97.7 Å². The summed E-state index contributed by atoms with van der Waals surface area (Å²) in [6, 6.07) is 0. The van der Waals surface area contributed by atoms with Crippen LogP contribution < -0.4 is 30.6 Å². The van der Waals surface area contributed by atoms with E-state index in [9.17, 15) is 88.2 Å². The van der Waals surface area contributed by atoms with Gasteiger partial charge in [-0.25, -0.2) is 0 Å². The van der Waals surface area contributed by atoms with Crippen LogP contribution in [0.15, 0.2) is 0 Å². The van der Waals surface area contributed by atoms with Gasteiger partial charge in [0.1, 0.15) is 35.8 Å². The SMILES string of the molecule is CC(=O)C(=O)[O-].CC(=O)C(=O)[O-].CC(=O)C(=O)[O-].CC(=O)C(=O)[O-].CC(=O)C(=O)[O-].CC(=O)C(=O)[O-].[Ir+3].[Ir+3]. The van der Waals surface area contributed by atoms with E-state index in [1.807, 2.05) is 0 Å². The third kappa shape index (κ3) is 76.8. The van der Waals surface area contributed by atoms with Crippen LogP contribution in [0.3, 0.4) is 0 Å². The van der Waals surface area contributed by atoms with Crippen LogP contribution in [-0.4, -0.2) is 70.5 Å². The molecule has 38 heavy (non-hydrogen) atoms. The topological polar surface area (TPSA) is 343 Å².